The lowest BCUT2D eigenvalue weighted by Crippen LogP contribution is -2.56. The van der Waals surface area contributed by atoms with Gasteiger partial charge in [-0.15, -0.1) is 0 Å². The van der Waals surface area contributed by atoms with E-state index in [-0.39, 0.29) is 5.92 Å². The van der Waals surface area contributed by atoms with E-state index in [1.807, 2.05) is 19.2 Å². The number of hydrogen-bond donors (Lipinski definition) is 8. The number of carboxylic acids is 3. The van der Waals surface area contributed by atoms with Crippen molar-refractivity contribution in [2.45, 2.75) is 64.2 Å². The van der Waals surface area contributed by atoms with Gasteiger partial charge in [0.25, 0.3) is 0 Å². The third-order valence-corrected chi connectivity index (χ3v) is 4.26. The third-order valence-electron chi connectivity index (χ3n) is 4.26. The maximum Gasteiger partial charge on any atom is 0.326 e. The highest BCUT2D eigenvalue weighted by Crippen LogP contribution is 2.04. The van der Waals surface area contributed by atoms with Crippen LogP contribution in [0.15, 0.2) is 0 Å². The molecular weight excluding hydrogens is 458 g/mol. The summed E-state index contributed by atoms with van der Waals surface area (Å²) in [6, 6.07) is -5.47. The molecule has 0 aliphatic rings. The van der Waals surface area contributed by atoms with Crippen LogP contribution < -0.4 is 27.0 Å². The van der Waals surface area contributed by atoms with Crippen molar-refractivity contribution in [2.75, 3.05) is 6.54 Å². The molecule has 15 nitrogen and oxygen atoms in total. The molecule has 0 rings (SSSR count). The van der Waals surface area contributed by atoms with Gasteiger partial charge in [0.05, 0.1) is 25.4 Å². The molecule has 0 radical (unpaired) electrons. The Labute approximate surface area is 194 Å². The van der Waals surface area contributed by atoms with Gasteiger partial charge >= 0.3 is 17.9 Å². The van der Waals surface area contributed by atoms with E-state index in [1.54, 1.807) is 0 Å². The molecule has 0 aromatic rings. The highest BCUT2D eigenvalue weighted by molar-refractivity contribution is 5.95. The first kappa shape index (κ1) is 30.2. The van der Waals surface area contributed by atoms with Gasteiger partial charge in [0.15, 0.2) is 0 Å². The number of hydrogen-bond acceptors (Lipinski definition) is 8. The predicted octanol–water partition coefficient (Wildman–Crippen LogP) is -3.02. The van der Waals surface area contributed by atoms with Crippen LogP contribution in [0.2, 0.25) is 0 Å². The molecule has 0 aromatic heterocycles. The second-order valence-electron chi connectivity index (χ2n) is 7.90. The topological polar surface area (TPSA) is 254 Å². The quantitative estimate of drug-likeness (QED) is 0.115. The fraction of sp³-hybridized carbons (Fsp3) is 0.632. The van der Waals surface area contributed by atoms with Gasteiger partial charge in [-0.2, -0.15) is 0 Å². The van der Waals surface area contributed by atoms with Crippen molar-refractivity contribution in [1.82, 2.24) is 21.3 Å². The summed E-state index contributed by atoms with van der Waals surface area (Å²) in [6.07, 6.45) is -1.36. The molecule has 0 saturated carbocycles. The van der Waals surface area contributed by atoms with Crippen molar-refractivity contribution in [2.24, 2.45) is 11.7 Å². The smallest absolute Gasteiger partial charge is 0.326 e. The number of carbonyl (C=O) groups is 7. The molecule has 9 N–H and O–H groups in total. The Bertz CT molecular complexity index is 800. The summed E-state index contributed by atoms with van der Waals surface area (Å²) >= 11 is 0. The molecule has 0 saturated heterocycles. The molecule has 0 spiro atoms. The van der Waals surface area contributed by atoms with Crippen molar-refractivity contribution < 1.29 is 48.9 Å². The second-order valence-corrected chi connectivity index (χ2v) is 7.90. The minimum absolute atomic E-state index is 0.0725. The lowest BCUT2D eigenvalue weighted by atomic mass is 10.0. The van der Waals surface area contributed by atoms with Gasteiger partial charge < -0.3 is 42.3 Å². The molecular formula is C19H31N5O10. The van der Waals surface area contributed by atoms with E-state index in [4.69, 9.17) is 21.1 Å². The van der Waals surface area contributed by atoms with Gasteiger partial charge in [-0.1, -0.05) is 13.8 Å². The molecule has 4 atom stereocenters. The molecule has 0 heterocycles. The van der Waals surface area contributed by atoms with Gasteiger partial charge in [-0.25, -0.2) is 4.79 Å². The summed E-state index contributed by atoms with van der Waals surface area (Å²) in [5.74, 6) is -7.95. The number of rotatable bonds is 15. The lowest BCUT2D eigenvalue weighted by molar-refractivity contribution is -0.147. The van der Waals surface area contributed by atoms with E-state index in [2.05, 4.69) is 16.0 Å². The first-order valence-electron chi connectivity index (χ1n) is 10.2. The van der Waals surface area contributed by atoms with Crippen LogP contribution in [0.4, 0.5) is 0 Å². The molecule has 0 fully saturated rings. The average Bonchev–Trinajstić information content (AvgIpc) is 2.69. The van der Waals surface area contributed by atoms with Crippen LogP contribution >= 0.6 is 0 Å². The minimum atomic E-state index is -1.71. The number of carboxylic acid groups (broad SMARTS) is 3. The minimum Gasteiger partial charge on any atom is -0.481 e. The van der Waals surface area contributed by atoms with Crippen LogP contribution in [0.3, 0.4) is 0 Å². The van der Waals surface area contributed by atoms with Crippen molar-refractivity contribution in [3.63, 3.8) is 0 Å². The summed E-state index contributed by atoms with van der Waals surface area (Å²) in [5.41, 5.74) is 5.73. The van der Waals surface area contributed by atoms with Crippen LogP contribution in [-0.4, -0.2) is 87.6 Å². The van der Waals surface area contributed by atoms with E-state index < -0.39 is 85.1 Å². The van der Waals surface area contributed by atoms with Gasteiger partial charge in [0.1, 0.15) is 18.1 Å². The largest absolute Gasteiger partial charge is 0.481 e. The van der Waals surface area contributed by atoms with E-state index in [9.17, 15) is 33.6 Å². The van der Waals surface area contributed by atoms with Crippen LogP contribution in [-0.2, 0) is 33.6 Å². The van der Waals surface area contributed by atoms with Gasteiger partial charge in [-0.3, -0.25) is 28.8 Å². The zero-order valence-electron chi connectivity index (χ0n) is 19.0. The monoisotopic (exact) mass is 489 g/mol. The molecule has 4 unspecified atom stereocenters. The average molecular weight is 489 g/mol. The van der Waals surface area contributed by atoms with Crippen molar-refractivity contribution in [3.05, 3.63) is 0 Å². The fourth-order valence-electron chi connectivity index (χ4n) is 2.60. The van der Waals surface area contributed by atoms with Crippen LogP contribution in [0.25, 0.3) is 0 Å². The van der Waals surface area contributed by atoms with E-state index in [0.717, 1.165) is 0 Å². The Morgan fingerprint density at radius 3 is 1.74 bits per heavy atom. The Morgan fingerprint density at radius 2 is 1.26 bits per heavy atom. The maximum atomic E-state index is 12.4. The third kappa shape index (κ3) is 12.3. The lowest BCUT2D eigenvalue weighted by Gasteiger charge is -2.22. The van der Waals surface area contributed by atoms with Crippen molar-refractivity contribution in [1.29, 1.82) is 0 Å². The summed E-state index contributed by atoms with van der Waals surface area (Å²) in [6.45, 7) is 4.15. The number of amides is 4. The second kappa shape index (κ2) is 14.4. The Morgan fingerprint density at radius 1 is 0.735 bits per heavy atom. The van der Waals surface area contributed by atoms with Gasteiger partial charge in [0, 0.05) is 0 Å². The molecule has 192 valence electrons. The number of nitrogens with two attached hydrogens (primary N) is 1. The summed E-state index contributed by atoms with van der Waals surface area (Å²) in [7, 11) is 0. The highest BCUT2D eigenvalue weighted by atomic mass is 16.4. The highest BCUT2D eigenvalue weighted by Gasteiger charge is 2.29. The molecule has 0 aromatic carbocycles. The Kier molecular flexibility index (Phi) is 12.8. The van der Waals surface area contributed by atoms with Crippen LogP contribution in [0.5, 0.6) is 0 Å². The standard InChI is InChI=1S/C19H31N5O10/c1-8(2)4-10(20)17(31)24-11(5-14(26)27)18(32)22-9(3)16(30)21-7-13(25)23-12(19(33)34)6-15(28)29/h8-12H,4-7,20H2,1-3H3,(H,21,30)(H,22,32)(H,23,25)(H,24,31)(H,26,27)(H,28,29)(H,33,34). The number of nitrogens with one attached hydrogen (secondary N) is 4. The Balaban J connectivity index is 4.91. The van der Waals surface area contributed by atoms with E-state index in [0.29, 0.717) is 6.42 Å². The predicted molar refractivity (Wildman–Crippen MR) is 114 cm³/mol. The normalized spacial score (nSPS) is 14.1. The van der Waals surface area contributed by atoms with Crippen molar-refractivity contribution >= 4 is 41.5 Å². The number of carbonyl (C=O) groups excluding carboxylic acids is 4. The SMILES string of the molecule is CC(C)CC(N)C(=O)NC(CC(=O)O)C(=O)NC(C)C(=O)NCC(=O)NC(CC(=O)O)C(=O)O. The van der Waals surface area contributed by atoms with Gasteiger partial charge in [0.2, 0.25) is 23.6 Å². The van der Waals surface area contributed by atoms with E-state index >= 15 is 0 Å². The molecule has 15 heteroatoms. The zero-order valence-corrected chi connectivity index (χ0v) is 19.0. The summed E-state index contributed by atoms with van der Waals surface area (Å²) in [5, 5.41) is 35.0. The molecule has 0 aliphatic carbocycles. The summed E-state index contributed by atoms with van der Waals surface area (Å²) in [4.78, 5) is 81.2. The number of aliphatic carboxylic acids is 3. The zero-order chi connectivity index (χ0) is 26.6. The van der Waals surface area contributed by atoms with Crippen LogP contribution in [0, 0.1) is 5.92 Å². The molecule has 34 heavy (non-hydrogen) atoms. The van der Waals surface area contributed by atoms with Crippen molar-refractivity contribution in [3.8, 4) is 0 Å². The Hall–Kier alpha value is -3.75. The molecule has 0 bridgehead atoms. The maximum absolute atomic E-state index is 12.4. The summed E-state index contributed by atoms with van der Waals surface area (Å²) < 4.78 is 0. The molecule has 4 amide bonds. The first-order chi connectivity index (χ1) is 15.6. The first-order valence-corrected chi connectivity index (χ1v) is 10.2. The fourth-order valence-corrected chi connectivity index (χ4v) is 2.60. The van der Waals surface area contributed by atoms with E-state index in [1.165, 1.54) is 6.92 Å². The molecule has 0 aliphatic heterocycles. The van der Waals surface area contributed by atoms with Crippen LogP contribution in [0.1, 0.15) is 40.0 Å². The van der Waals surface area contributed by atoms with Gasteiger partial charge in [-0.05, 0) is 19.3 Å².